The van der Waals surface area contributed by atoms with Gasteiger partial charge in [-0.1, -0.05) is 200 Å². The van der Waals surface area contributed by atoms with E-state index in [-0.39, 0.29) is 11.3 Å². The summed E-state index contributed by atoms with van der Waals surface area (Å²) in [6.07, 6.45) is 0. The van der Waals surface area contributed by atoms with Gasteiger partial charge in [-0.3, -0.25) is 0 Å². The largest absolute Gasteiger partial charge is 0.135 e. The van der Waals surface area contributed by atoms with Crippen molar-refractivity contribution in [2.24, 2.45) is 0 Å². The molecule has 10 aromatic rings. The van der Waals surface area contributed by atoms with E-state index in [9.17, 15) is 0 Å². The van der Waals surface area contributed by atoms with Crippen molar-refractivity contribution >= 4 is 31.5 Å². The van der Waals surface area contributed by atoms with E-state index < -0.39 is 0 Å². The number of fused-ring (bicyclic) bond motifs is 13. The van der Waals surface area contributed by atoms with E-state index >= 15 is 0 Å². The average molecular weight is 741 g/mol. The SMILES string of the molecule is c1ccc(-c2ccc(C(c3cccc(-c4cccc5c4sc4ccccc45)c3)c3ccc4c(c3)-c3ccccc3C43c4ccccc4-c4ccccc43)cc2)cc1. The normalized spacial score (nSPS) is 13.7. The maximum Gasteiger partial charge on any atom is 0.0725 e. The first-order chi connectivity index (χ1) is 28.3. The molecule has 0 amide bonds. The van der Waals surface area contributed by atoms with Crippen molar-refractivity contribution in [3.05, 3.63) is 251 Å². The van der Waals surface area contributed by atoms with Crippen LogP contribution in [0, 0.1) is 0 Å². The molecule has 0 saturated carbocycles. The van der Waals surface area contributed by atoms with E-state index in [1.54, 1.807) is 0 Å². The molecule has 0 aliphatic heterocycles. The Morgan fingerprint density at radius 3 is 1.56 bits per heavy atom. The molecule has 1 atom stereocenters. The van der Waals surface area contributed by atoms with Crippen molar-refractivity contribution in [1.29, 1.82) is 0 Å². The van der Waals surface area contributed by atoms with Crippen molar-refractivity contribution in [3.63, 3.8) is 0 Å². The van der Waals surface area contributed by atoms with Gasteiger partial charge in [-0.25, -0.2) is 0 Å². The Bertz CT molecular complexity index is 3140. The summed E-state index contributed by atoms with van der Waals surface area (Å²) >= 11 is 1.90. The van der Waals surface area contributed by atoms with Gasteiger partial charge in [0, 0.05) is 26.1 Å². The quantitative estimate of drug-likeness (QED) is 0.154. The molecule has 9 aromatic carbocycles. The maximum atomic E-state index is 2.52. The molecule has 0 radical (unpaired) electrons. The Morgan fingerprint density at radius 1 is 0.316 bits per heavy atom. The number of benzene rings is 9. The zero-order valence-electron chi connectivity index (χ0n) is 31.2. The molecule has 266 valence electrons. The minimum atomic E-state index is -0.354. The van der Waals surface area contributed by atoms with Crippen LogP contribution in [-0.2, 0) is 5.41 Å². The second-order valence-corrected chi connectivity index (χ2v) is 16.6. The summed E-state index contributed by atoms with van der Waals surface area (Å²) in [5.41, 5.74) is 19.3. The summed E-state index contributed by atoms with van der Waals surface area (Å²) in [5, 5.41) is 2.66. The standard InChI is InChI=1S/C56H36S/c1-2-14-36(15-3-1)37-28-30-38(31-29-37)54(40-17-12-16-39(34-40)42-22-13-23-47-46-21-7-11-27-53(46)57-55(42)47)41-32-33-52-48(35-41)45-20-6-10-26-51(45)56(52)49-24-8-4-18-43(49)44-19-5-9-25-50(44)56/h1-35,54H. The third-order valence-electron chi connectivity index (χ3n) is 12.6. The lowest BCUT2D eigenvalue weighted by molar-refractivity contribution is 0.792. The summed E-state index contributed by atoms with van der Waals surface area (Å²) in [6.45, 7) is 0. The lowest BCUT2D eigenvalue weighted by Gasteiger charge is -2.30. The zero-order valence-corrected chi connectivity index (χ0v) is 32.0. The first kappa shape index (κ1) is 32.4. The topological polar surface area (TPSA) is 0 Å². The van der Waals surface area contributed by atoms with Crippen molar-refractivity contribution in [1.82, 2.24) is 0 Å². The highest BCUT2D eigenvalue weighted by atomic mass is 32.1. The summed E-state index contributed by atoms with van der Waals surface area (Å²) in [6, 6.07) is 79.5. The molecule has 0 saturated heterocycles. The van der Waals surface area contributed by atoms with Gasteiger partial charge in [-0.2, -0.15) is 0 Å². The van der Waals surface area contributed by atoms with Crippen LogP contribution in [0.15, 0.2) is 212 Å². The molecule has 2 aliphatic rings. The van der Waals surface area contributed by atoms with Crippen molar-refractivity contribution in [2.45, 2.75) is 11.3 Å². The molecule has 2 aliphatic carbocycles. The molecule has 0 N–H and O–H groups in total. The molecule has 1 spiro atoms. The van der Waals surface area contributed by atoms with Gasteiger partial charge in [0.15, 0.2) is 0 Å². The highest BCUT2D eigenvalue weighted by molar-refractivity contribution is 7.26. The Balaban J connectivity index is 1.06. The monoisotopic (exact) mass is 740 g/mol. The lowest BCUT2D eigenvalue weighted by Crippen LogP contribution is -2.25. The van der Waals surface area contributed by atoms with Gasteiger partial charge in [0.1, 0.15) is 0 Å². The van der Waals surface area contributed by atoms with Gasteiger partial charge < -0.3 is 0 Å². The average Bonchev–Trinajstić information content (AvgIpc) is 3.91. The van der Waals surface area contributed by atoms with E-state index in [0.717, 1.165) is 0 Å². The van der Waals surface area contributed by atoms with Gasteiger partial charge >= 0.3 is 0 Å². The van der Waals surface area contributed by atoms with Crippen LogP contribution in [0.25, 0.3) is 64.7 Å². The number of hydrogen-bond donors (Lipinski definition) is 0. The molecule has 12 rings (SSSR count). The summed E-state index contributed by atoms with van der Waals surface area (Å²) in [5.74, 6) is 0.0218. The first-order valence-corrected chi connectivity index (χ1v) is 20.7. The van der Waals surface area contributed by atoms with Gasteiger partial charge in [0.25, 0.3) is 0 Å². The van der Waals surface area contributed by atoms with E-state index in [1.165, 1.54) is 104 Å². The van der Waals surface area contributed by atoms with Crippen molar-refractivity contribution < 1.29 is 0 Å². The van der Waals surface area contributed by atoms with Crippen LogP contribution in [0.4, 0.5) is 0 Å². The van der Waals surface area contributed by atoms with Gasteiger partial charge in [-0.15, -0.1) is 11.3 Å². The van der Waals surface area contributed by atoms with Gasteiger partial charge in [0.05, 0.1) is 5.41 Å². The number of hydrogen-bond acceptors (Lipinski definition) is 1. The second-order valence-electron chi connectivity index (χ2n) is 15.5. The van der Waals surface area contributed by atoms with E-state index in [0.29, 0.717) is 0 Å². The van der Waals surface area contributed by atoms with Gasteiger partial charge in [0.2, 0.25) is 0 Å². The fourth-order valence-corrected chi connectivity index (χ4v) is 11.5. The minimum absolute atomic E-state index is 0.0218. The van der Waals surface area contributed by atoms with Crippen LogP contribution in [0.2, 0.25) is 0 Å². The Labute approximate surface area is 337 Å². The predicted octanol–water partition coefficient (Wildman–Crippen LogP) is 14.9. The second kappa shape index (κ2) is 12.6. The fraction of sp³-hybridized carbons (Fsp3) is 0.0357. The lowest BCUT2D eigenvalue weighted by atomic mass is 9.70. The van der Waals surface area contributed by atoms with Crippen LogP contribution < -0.4 is 0 Å². The first-order valence-electron chi connectivity index (χ1n) is 19.9. The highest BCUT2D eigenvalue weighted by Crippen LogP contribution is 2.63. The van der Waals surface area contributed by atoms with E-state index in [2.05, 4.69) is 212 Å². The van der Waals surface area contributed by atoms with Crippen LogP contribution in [-0.4, -0.2) is 0 Å². The molecule has 0 fully saturated rings. The fourth-order valence-electron chi connectivity index (χ4n) is 10.2. The van der Waals surface area contributed by atoms with Crippen LogP contribution in [0.5, 0.6) is 0 Å². The maximum absolute atomic E-state index is 2.52. The Morgan fingerprint density at radius 2 is 0.825 bits per heavy atom. The summed E-state index contributed by atoms with van der Waals surface area (Å²) in [4.78, 5) is 0. The summed E-state index contributed by atoms with van der Waals surface area (Å²) in [7, 11) is 0. The predicted molar refractivity (Wildman–Crippen MR) is 240 cm³/mol. The zero-order chi connectivity index (χ0) is 37.5. The van der Waals surface area contributed by atoms with E-state index in [1.807, 2.05) is 11.3 Å². The molecule has 1 heteroatoms. The third kappa shape index (κ3) is 4.73. The van der Waals surface area contributed by atoms with E-state index in [4.69, 9.17) is 0 Å². The minimum Gasteiger partial charge on any atom is -0.135 e. The number of rotatable bonds is 5. The highest BCUT2D eigenvalue weighted by Gasteiger charge is 2.51. The molecular weight excluding hydrogens is 705 g/mol. The molecule has 57 heavy (non-hydrogen) atoms. The van der Waals surface area contributed by atoms with Gasteiger partial charge in [-0.05, 0) is 95.6 Å². The molecule has 1 heterocycles. The van der Waals surface area contributed by atoms with Crippen LogP contribution in [0.3, 0.4) is 0 Å². The molecule has 1 aromatic heterocycles. The molecule has 0 bridgehead atoms. The Kier molecular flexibility index (Phi) is 7.18. The summed E-state index contributed by atoms with van der Waals surface area (Å²) < 4.78 is 2.67. The number of thiophene rings is 1. The van der Waals surface area contributed by atoms with Crippen LogP contribution in [0.1, 0.15) is 44.9 Å². The van der Waals surface area contributed by atoms with Crippen molar-refractivity contribution in [2.75, 3.05) is 0 Å². The van der Waals surface area contributed by atoms with Crippen LogP contribution >= 0.6 is 11.3 Å². The Hall–Kier alpha value is -6.80. The molecular formula is C56H36S. The smallest absolute Gasteiger partial charge is 0.0725 e. The third-order valence-corrected chi connectivity index (χ3v) is 13.9. The molecule has 1 unspecified atom stereocenters. The van der Waals surface area contributed by atoms with Crippen molar-refractivity contribution in [3.8, 4) is 44.5 Å². The molecule has 0 nitrogen and oxygen atoms in total.